The Labute approximate surface area is 139 Å². The third-order valence-corrected chi connectivity index (χ3v) is 4.11. The van der Waals surface area contributed by atoms with Crippen molar-refractivity contribution in [3.05, 3.63) is 29.6 Å². The van der Waals surface area contributed by atoms with Crippen molar-refractivity contribution < 1.29 is 9.53 Å². The molecule has 2 heterocycles. The molecule has 1 aromatic heterocycles. The molecule has 1 saturated heterocycles. The molecule has 0 aromatic carbocycles. The highest BCUT2D eigenvalue weighted by Crippen LogP contribution is 2.16. The summed E-state index contributed by atoms with van der Waals surface area (Å²) in [6.45, 7) is 10.2. The molecule has 0 radical (unpaired) electrons. The zero-order valence-corrected chi connectivity index (χ0v) is 14.8. The van der Waals surface area contributed by atoms with Crippen LogP contribution in [0, 0.1) is 6.92 Å². The van der Waals surface area contributed by atoms with E-state index in [-0.39, 0.29) is 6.09 Å². The predicted octanol–water partition coefficient (Wildman–Crippen LogP) is 3.27. The van der Waals surface area contributed by atoms with Gasteiger partial charge in [-0.05, 0) is 64.2 Å². The van der Waals surface area contributed by atoms with Crippen LogP contribution in [0.2, 0.25) is 0 Å². The van der Waals surface area contributed by atoms with E-state index in [0.717, 1.165) is 38.9 Å². The van der Waals surface area contributed by atoms with Crippen molar-refractivity contribution >= 4 is 6.09 Å². The van der Waals surface area contributed by atoms with E-state index in [1.54, 1.807) is 0 Å². The molecule has 5 nitrogen and oxygen atoms in total. The number of aromatic nitrogens is 1. The first-order valence-corrected chi connectivity index (χ1v) is 8.46. The number of hydrogen-bond donors (Lipinski definition) is 1. The van der Waals surface area contributed by atoms with Gasteiger partial charge in [-0.3, -0.25) is 4.98 Å². The van der Waals surface area contributed by atoms with Crippen molar-refractivity contribution in [2.75, 3.05) is 13.1 Å². The summed E-state index contributed by atoms with van der Waals surface area (Å²) in [5, 5.41) is 3.61. The normalized spacial score (nSPS) is 19.3. The number of carbonyl (C=O) groups excluding carboxylic acids is 1. The van der Waals surface area contributed by atoms with Crippen molar-refractivity contribution in [2.24, 2.45) is 0 Å². The van der Waals surface area contributed by atoms with Gasteiger partial charge in [0.1, 0.15) is 5.60 Å². The molecule has 1 fully saturated rings. The van der Waals surface area contributed by atoms with E-state index in [1.807, 2.05) is 44.1 Å². The third kappa shape index (κ3) is 5.82. The molecule has 1 N–H and O–H groups in total. The SMILES string of the molecule is Cc1ccncc1CNC1CCCN(C(=O)OC(C)(C)C)CC1. The fourth-order valence-electron chi connectivity index (χ4n) is 2.75. The van der Waals surface area contributed by atoms with Gasteiger partial charge >= 0.3 is 6.09 Å². The van der Waals surface area contributed by atoms with Crippen LogP contribution >= 0.6 is 0 Å². The molecule has 1 atom stereocenters. The predicted molar refractivity (Wildman–Crippen MR) is 91.3 cm³/mol. The molecular formula is C18H29N3O2. The molecule has 2 rings (SSSR count). The van der Waals surface area contributed by atoms with Crippen LogP contribution in [0.5, 0.6) is 0 Å². The van der Waals surface area contributed by atoms with E-state index in [1.165, 1.54) is 11.1 Å². The average Bonchev–Trinajstić information content (AvgIpc) is 2.70. The van der Waals surface area contributed by atoms with Crippen molar-refractivity contribution in [1.29, 1.82) is 0 Å². The fraction of sp³-hybridized carbons (Fsp3) is 0.667. The van der Waals surface area contributed by atoms with E-state index in [4.69, 9.17) is 4.74 Å². The molecule has 5 heteroatoms. The summed E-state index contributed by atoms with van der Waals surface area (Å²) in [5.41, 5.74) is 2.07. The number of aryl methyl sites for hydroxylation is 1. The molecule has 1 aliphatic rings. The lowest BCUT2D eigenvalue weighted by Crippen LogP contribution is -2.38. The highest BCUT2D eigenvalue weighted by Gasteiger charge is 2.25. The second-order valence-electron chi connectivity index (χ2n) is 7.28. The van der Waals surface area contributed by atoms with Crippen molar-refractivity contribution in [1.82, 2.24) is 15.2 Å². The third-order valence-electron chi connectivity index (χ3n) is 4.11. The van der Waals surface area contributed by atoms with Gasteiger partial charge in [-0.2, -0.15) is 0 Å². The van der Waals surface area contributed by atoms with Crippen LogP contribution in [0.15, 0.2) is 18.5 Å². The second kappa shape index (κ2) is 7.77. The topological polar surface area (TPSA) is 54.5 Å². The molecule has 128 valence electrons. The summed E-state index contributed by atoms with van der Waals surface area (Å²) in [5.74, 6) is 0. The van der Waals surface area contributed by atoms with Gasteiger partial charge in [-0.15, -0.1) is 0 Å². The van der Waals surface area contributed by atoms with Crippen molar-refractivity contribution in [3.8, 4) is 0 Å². The average molecular weight is 319 g/mol. The highest BCUT2D eigenvalue weighted by atomic mass is 16.6. The maximum atomic E-state index is 12.2. The molecule has 23 heavy (non-hydrogen) atoms. The van der Waals surface area contributed by atoms with Crippen molar-refractivity contribution in [2.45, 2.75) is 65.1 Å². The highest BCUT2D eigenvalue weighted by molar-refractivity contribution is 5.68. The Morgan fingerprint density at radius 2 is 2.17 bits per heavy atom. The summed E-state index contributed by atoms with van der Waals surface area (Å²) < 4.78 is 5.47. The fourth-order valence-corrected chi connectivity index (χ4v) is 2.75. The van der Waals surface area contributed by atoms with E-state index >= 15 is 0 Å². The van der Waals surface area contributed by atoms with Crippen LogP contribution in [0.4, 0.5) is 4.79 Å². The number of pyridine rings is 1. The first-order chi connectivity index (χ1) is 10.8. The standard InChI is InChI=1S/C18H29N3O2/c1-14-7-9-19-12-15(14)13-20-16-6-5-10-21(11-8-16)17(22)23-18(2,3)4/h7,9,12,16,20H,5-6,8,10-11,13H2,1-4H3. The monoisotopic (exact) mass is 319 g/mol. The molecular weight excluding hydrogens is 290 g/mol. The lowest BCUT2D eigenvalue weighted by Gasteiger charge is -2.26. The largest absolute Gasteiger partial charge is 0.444 e. The molecule has 1 unspecified atom stereocenters. The lowest BCUT2D eigenvalue weighted by atomic mass is 10.1. The Balaban J connectivity index is 1.82. The molecule has 1 aromatic rings. The Morgan fingerprint density at radius 3 is 2.87 bits per heavy atom. The second-order valence-corrected chi connectivity index (χ2v) is 7.28. The number of likely N-dealkylation sites (tertiary alicyclic amines) is 1. The van der Waals surface area contributed by atoms with E-state index in [9.17, 15) is 4.79 Å². The summed E-state index contributed by atoms with van der Waals surface area (Å²) in [4.78, 5) is 18.2. The zero-order valence-electron chi connectivity index (χ0n) is 14.8. The van der Waals surface area contributed by atoms with Gasteiger partial charge < -0.3 is 15.0 Å². The van der Waals surface area contributed by atoms with Gasteiger partial charge in [0.25, 0.3) is 0 Å². The van der Waals surface area contributed by atoms with Crippen LogP contribution in [0.3, 0.4) is 0 Å². The van der Waals surface area contributed by atoms with Crippen LogP contribution < -0.4 is 5.32 Å². The molecule has 1 aliphatic heterocycles. The Kier molecular flexibility index (Phi) is 5.99. The molecule has 0 bridgehead atoms. The van der Waals surface area contributed by atoms with Gasteiger partial charge in [0.2, 0.25) is 0 Å². The number of amides is 1. The lowest BCUT2D eigenvalue weighted by molar-refractivity contribution is 0.0256. The van der Waals surface area contributed by atoms with Crippen LogP contribution in [0.25, 0.3) is 0 Å². The van der Waals surface area contributed by atoms with Crippen LogP contribution in [0.1, 0.15) is 51.2 Å². The van der Waals surface area contributed by atoms with Crippen LogP contribution in [-0.2, 0) is 11.3 Å². The summed E-state index contributed by atoms with van der Waals surface area (Å²) >= 11 is 0. The smallest absolute Gasteiger partial charge is 0.410 e. The molecule has 1 amide bonds. The minimum atomic E-state index is -0.432. The number of nitrogens with one attached hydrogen (secondary N) is 1. The van der Waals surface area contributed by atoms with Gasteiger partial charge in [-0.25, -0.2) is 4.79 Å². The Bertz CT molecular complexity index is 525. The number of nitrogens with zero attached hydrogens (tertiary/aromatic N) is 2. The molecule has 0 aliphatic carbocycles. The number of carbonyl (C=O) groups is 1. The van der Waals surface area contributed by atoms with Gasteiger partial charge in [-0.1, -0.05) is 0 Å². The minimum Gasteiger partial charge on any atom is -0.444 e. The summed E-state index contributed by atoms with van der Waals surface area (Å²) in [6.07, 6.45) is 6.59. The van der Waals surface area contributed by atoms with Gasteiger partial charge in [0.15, 0.2) is 0 Å². The first-order valence-electron chi connectivity index (χ1n) is 8.46. The Morgan fingerprint density at radius 1 is 1.39 bits per heavy atom. The van der Waals surface area contributed by atoms with Crippen LogP contribution in [-0.4, -0.2) is 40.7 Å². The molecule has 0 saturated carbocycles. The summed E-state index contributed by atoms with van der Waals surface area (Å²) in [7, 11) is 0. The van der Waals surface area contributed by atoms with E-state index < -0.39 is 5.60 Å². The maximum Gasteiger partial charge on any atom is 0.410 e. The van der Waals surface area contributed by atoms with Crippen molar-refractivity contribution in [3.63, 3.8) is 0 Å². The minimum absolute atomic E-state index is 0.193. The Hall–Kier alpha value is -1.62. The summed E-state index contributed by atoms with van der Waals surface area (Å²) in [6, 6.07) is 2.47. The van der Waals surface area contributed by atoms with E-state index in [2.05, 4.69) is 17.2 Å². The maximum absolute atomic E-state index is 12.2. The number of hydrogen-bond acceptors (Lipinski definition) is 4. The number of rotatable bonds is 3. The van der Waals surface area contributed by atoms with Gasteiger partial charge in [0, 0.05) is 38.1 Å². The van der Waals surface area contributed by atoms with E-state index in [0.29, 0.717) is 6.04 Å². The zero-order chi connectivity index (χ0) is 16.9. The van der Waals surface area contributed by atoms with Gasteiger partial charge in [0.05, 0.1) is 0 Å². The first kappa shape index (κ1) is 17.7. The quantitative estimate of drug-likeness (QED) is 0.929. The molecule has 0 spiro atoms. The number of ether oxygens (including phenoxy) is 1.